The van der Waals surface area contributed by atoms with Gasteiger partial charge in [-0.1, -0.05) is 163 Å². The summed E-state index contributed by atoms with van der Waals surface area (Å²) in [6.07, 6.45) is 15.4. The average Bonchev–Trinajstić information content (AvgIpc) is 3.32. The largest absolute Gasteiger partial charge is 0.333 e. The third-order valence-corrected chi connectivity index (χ3v) is 22.4. The summed E-state index contributed by atoms with van der Waals surface area (Å²) in [5.41, 5.74) is 24.3. The van der Waals surface area contributed by atoms with E-state index in [4.69, 9.17) is 9.97 Å². The molecule has 10 heterocycles. The van der Waals surface area contributed by atoms with Crippen LogP contribution in [-0.4, -0.2) is 25.1 Å². The molecule has 0 saturated heterocycles. The highest BCUT2D eigenvalue weighted by atomic mass is 32.1. The van der Waals surface area contributed by atoms with E-state index in [1.54, 1.807) is 0 Å². The van der Waals surface area contributed by atoms with Crippen molar-refractivity contribution in [1.29, 1.82) is 0 Å². The van der Waals surface area contributed by atoms with Gasteiger partial charge in [0, 0.05) is 110 Å². The highest BCUT2D eigenvalue weighted by Crippen LogP contribution is 2.63. The Bertz CT molecular complexity index is 5040. The molecular formula is C75H56N6S2. The van der Waals surface area contributed by atoms with Crippen LogP contribution in [-0.2, 0) is 16.2 Å². The summed E-state index contributed by atoms with van der Waals surface area (Å²) in [6, 6.07) is 66.3. The van der Waals surface area contributed by atoms with Crippen molar-refractivity contribution in [3.05, 3.63) is 256 Å². The number of hydrogen-bond donors (Lipinski definition) is 0. The highest BCUT2D eigenvalue weighted by molar-refractivity contribution is 7.16. The minimum atomic E-state index is -0.282. The van der Waals surface area contributed by atoms with Crippen molar-refractivity contribution in [2.24, 2.45) is 0 Å². The Kier molecular flexibility index (Phi) is 9.49. The number of rotatable bonds is 5. The molecule has 6 nitrogen and oxygen atoms in total. The minimum absolute atomic E-state index is 0.106. The molecule has 83 heavy (non-hydrogen) atoms. The summed E-state index contributed by atoms with van der Waals surface area (Å²) >= 11 is 3.86. The van der Waals surface area contributed by atoms with Crippen LogP contribution in [0.2, 0.25) is 0 Å². The summed E-state index contributed by atoms with van der Waals surface area (Å²) in [5.74, 6) is 0.183. The molecule has 1 aliphatic carbocycles. The van der Waals surface area contributed by atoms with Crippen molar-refractivity contribution in [2.45, 2.75) is 69.7 Å². The molecule has 4 aliphatic heterocycles. The van der Waals surface area contributed by atoms with Gasteiger partial charge in [-0.2, -0.15) is 0 Å². The van der Waals surface area contributed by atoms with E-state index >= 15 is 0 Å². The number of hydrogen-bond acceptors (Lipinski definition) is 6. The molecule has 0 amide bonds. The summed E-state index contributed by atoms with van der Waals surface area (Å²) in [5, 5.41) is 4.79. The molecule has 13 aromatic rings. The number of thiophene rings is 2. The van der Waals surface area contributed by atoms with Gasteiger partial charge in [0.05, 0.1) is 56.6 Å². The Labute approximate surface area is 490 Å². The van der Waals surface area contributed by atoms with E-state index in [9.17, 15) is 0 Å². The quantitative estimate of drug-likeness (QED) is 0.172. The fourth-order valence-electron chi connectivity index (χ4n) is 15.4. The maximum absolute atomic E-state index is 5.28. The number of para-hydroxylation sites is 4. The summed E-state index contributed by atoms with van der Waals surface area (Å²) < 4.78 is 4.91. The maximum atomic E-state index is 5.28. The molecule has 0 radical (unpaired) electrons. The molecule has 2 unspecified atom stereocenters. The van der Waals surface area contributed by atoms with Crippen LogP contribution in [0.3, 0.4) is 0 Å². The molecule has 398 valence electrons. The van der Waals surface area contributed by atoms with E-state index < -0.39 is 0 Å². The molecule has 6 aromatic heterocycles. The highest BCUT2D eigenvalue weighted by Gasteiger charge is 2.47. The number of nitrogens with zero attached hydrogens (tertiary/aromatic N) is 6. The number of anilines is 5. The first-order valence-corrected chi connectivity index (χ1v) is 30.7. The lowest BCUT2D eigenvalue weighted by atomic mass is 9.68. The fraction of sp³-hybridized carbons (Fsp3) is 0.147. The maximum Gasteiger partial charge on any atom is 0.0802 e. The Hall–Kier alpha value is -9.08. The van der Waals surface area contributed by atoms with Crippen molar-refractivity contribution in [3.8, 4) is 43.5 Å². The number of allylic oxidation sites excluding steroid dienone is 2. The molecule has 7 aromatic carbocycles. The molecule has 0 spiro atoms. The molecule has 0 bridgehead atoms. The van der Waals surface area contributed by atoms with E-state index in [0.29, 0.717) is 0 Å². The Morgan fingerprint density at radius 1 is 0.458 bits per heavy atom. The van der Waals surface area contributed by atoms with Gasteiger partial charge in [0.15, 0.2) is 0 Å². The molecule has 2 atom stereocenters. The Morgan fingerprint density at radius 3 is 2.00 bits per heavy atom. The van der Waals surface area contributed by atoms with Crippen molar-refractivity contribution < 1.29 is 0 Å². The molecular weight excluding hydrogens is 1050 g/mol. The van der Waals surface area contributed by atoms with Crippen LogP contribution in [0, 0.1) is 0 Å². The van der Waals surface area contributed by atoms with Crippen molar-refractivity contribution >= 4 is 94.7 Å². The van der Waals surface area contributed by atoms with Crippen LogP contribution in [0.1, 0.15) is 85.0 Å². The van der Waals surface area contributed by atoms with E-state index in [0.717, 1.165) is 27.5 Å². The van der Waals surface area contributed by atoms with E-state index in [2.05, 4.69) is 273 Å². The standard InChI is InChI=1S/C75H56N6S2/c1-73(2)53-21-12-15-26-61(53)80-63-39-65(82-71(63)74(3,4)55-23-16-22-54(73)70(55)80)43-27-31-47(32-28-43)79-58-25-14-11-20-49(58)51-38-45(30-34-60(51)79)68-67-52-41-76-42-56-69(52)81(62(67)35-36-77-68)64-40-66(83-72(64)75(56,5)6)44-29-33-59-50(37-44)48-19-10-13-24-57(48)78(59)46-17-8-7-9-18-46/h7-42,49,58H,1-6H3. The monoisotopic (exact) mass is 1100 g/mol. The predicted octanol–water partition coefficient (Wildman–Crippen LogP) is 19.9. The first-order valence-electron chi connectivity index (χ1n) is 29.0. The molecule has 5 aliphatic rings. The molecule has 0 saturated carbocycles. The SMILES string of the molecule is CC1(C)c2ccccc2N2c3cc(-c4ccc(N5c6ccc(-c7nccc8c7c7cncc9c7n8-c7cc(-c8ccc%10c(c8)c8ccccc8n%10-c8ccccc8)sc7C9(C)C)cc6C6C=CC=CC65)cc4)sc3C(C)(C)c3cccc1c32. The van der Waals surface area contributed by atoms with Crippen LogP contribution >= 0.6 is 22.7 Å². The molecule has 0 fully saturated rings. The van der Waals surface area contributed by atoms with Crippen molar-refractivity contribution in [1.82, 2.24) is 19.1 Å². The zero-order valence-corrected chi connectivity index (χ0v) is 48.6. The zero-order valence-electron chi connectivity index (χ0n) is 46.9. The van der Waals surface area contributed by atoms with Crippen LogP contribution in [0.25, 0.3) is 87.1 Å². The van der Waals surface area contributed by atoms with Gasteiger partial charge in [0.1, 0.15) is 0 Å². The Balaban J connectivity index is 0.719. The van der Waals surface area contributed by atoms with Gasteiger partial charge in [-0.15, -0.1) is 22.7 Å². The van der Waals surface area contributed by atoms with Gasteiger partial charge in [-0.05, 0) is 112 Å². The third-order valence-electron chi connectivity index (χ3n) is 19.4. The fourth-order valence-corrected chi connectivity index (χ4v) is 17.9. The lowest BCUT2D eigenvalue weighted by Gasteiger charge is -2.48. The molecule has 8 heteroatoms. The average molecular weight is 1110 g/mol. The van der Waals surface area contributed by atoms with Crippen LogP contribution < -0.4 is 9.80 Å². The Morgan fingerprint density at radius 2 is 1.14 bits per heavy atom. The van der Waals surface area contributed by atoms with Crippen LogP contribution in [0.5, 0.6) is 0 Å². The number of aromatic nitrogens is 4. The van der Waals surface area contributed by atoms with Gasteiger partial charge < -0.3 is 18.9 Å². The number of benzene rings is 7. The third kappa shape index (κ3) is 6.27. The normalized spacial score (nSPS) is 17.9. The summed E-state index contributed by atoms with van der Waals surface area (Å²) in [6.45, 7) is 14.3. The van der Waals surface area contributed by atoms with Gasteiger partial charge >= 0.3 is 0 Å². The van der Waals surface area contributed by atoms with Crippen LogP contribution in [0.15, 0.2) is 219 Å². The van der Waals surface area contributed by atoms with Crippen molar-refractivity contribution in [2.75, 3.05) is 9.80 Å². The van der Waals surface area contributed by atoms with E-state index in [1.807, 2.05) is 28.9 Å². The zero-order chi connectivity index (χ0) is 55.4. The van der Waals surface area contributed by atoms with E-state index in [-0.39, 0.29) is 28.2 Å². The predicted molar refractivity (Wildman–Crippen MR) is 347 cm³/mol. The lowest BCUT2D eigenvalue weighted by molar-refractivity contribution is 0.604. The van der Waals surface area contributed by atoms with Gasteiger partial charge in [0.2, 0.25) is 0 Å². The smallest absolute Gasteiger partial charge is 0.0802 e. The first kappa shape index (κ1) is 47.5. The second-order valence-electron chi connectivity index (χ2n) is 24.9. The number of fused-ring (bicyclic) bond motifs is 15. The topological polar surface area (TPSA) is 42.1 Å². The minimum Gasteiger partial charge on any atom is -0.333 e. The second kappa shape index (κ2) is 16.6. The lowest BCUT2D eigenvalue weighted by Crippen LogP contribution is -2.37. The first-order chi connectivity index (χ1) is 40.4. The molecule has 18 rings (SSSR count). The second-order valence-corrected chi connectivity index (χ2v) is 27.1. The molecule has 0 N–H and O–H groups in total. The van der Waals surface area contributed by atoms with Crippen LogP contribution in [0.4, 0.5) is 28.4 Å². The number of pyridine rings is 2. The van der Waals surface area contributed by atoms with Crippen molar-refractivity contribution in [3.63, 3.8) is 0 Å². The summed E-state index contributed by atoms with van der Waals surface area (Å²) in [7, 11) is 0. The van der Waals surface area contributed by atoms with E-state index in [1.165, 1.54) is 126 Å². The summed E-state index contributed by atoms with van der Waals surface area (Å²) in [4.78, 5) is 20.7. The van der Waals surface area contributed by atoms with Gasteiger partial charge in [-0.25, -0.2) is 0 Å². The van der Waals surface area contributed by atoms with Gasteiger partial charge in [-0.3, -0.25) is 9.97 Å². The van der Waals surface area contributed by atoms with Gasteiger partial charge in [0.25, 0.3) is 0 Å².